The summed E-state index contributed by atoms with van der Waals surface area (Å²) in [6, 6.07) is 4.30. The Hall–Kier alpha value is -1.35. The lowest BCUT2D eigenvalue weighted by atomic mass is 10.0. The van der Waals surface area contributed by atoms with Crippen molar-refractivity contribution in [3.8, 4) is 0 Å². The second-order valence-electron chi connectivity index (χ2n) is 7.66. The minimum atomic E-state index is -0.163. The van der Waals surface area contributed by atoms with E-state index in [4.69, 9.17) is 0 Å². The van der Waals surface area contributed by atoms with Crippen LogP contribution in [0.1, 0.15) is 48.8 Å². The first kappa shape index (κ1) is 15.5. The highest BCUT2D eigenvalue weighted by Crippen LogP contribution is 2.48. The Labute approximate surface area is 134 Å². The summed E-state index contributed by atoms with van der Waals surface area (Å²) < 4.78 is 0.947. The Morgan fingerprint density at radius 2 is 1.59 bits per heavy atom. The molecule has 1 aliphatic heterocycles. The van der Waals surface area contributed by atoms with Crippen molar-refractivity contribution < 1.29 is 9.28 Å². The number of piperidine rings is 1. The van der Waals surface area contributed by atoms with Crippen LogP contribution in [-0.2, 0) is 4.79 Å². The molecule has 3 rings (SSSR count). The van der Waals surface area contributed by atoms with Gasteiger partial charge in [-0.05, 0) is 51.2 Å². The number of quaternary nitrogens is 1. The van der Waals surface area contributed by atoms with Gasteiger partial charge in [0.05, 0.1) is 20.1 Å². The van der Waals surface area contributed by atoms with Crippen LogP contribution in [0, 0.1) is 20.8 Å². The van der Waals surface area contributed by atoms with Crippen molar-refractivity contribution in [2.45, 2.75) is 58.4 Å². The lowest BCUT2D eigenvalue weighted by Gasteiger charge is -2.44. The SMILES string of the molecule is Cc1cc(C)c(NC(=O)C2([N+]3(C)CCCCC3)CC2)c(C)c1. The molecule has 2 fully saturated rings. The highest BCUT2D eigenvalue weighted by molar-refractivity contribution is 6.00. The average Bonchev–Trinajstić information content (AvgIpc) is 3.25. The van der Waals surface area contributed by atoms with E-state index < -0.39 is 0 Å². The predicted octanol–water partition coefficient (Wildman–Crippen LogP) is 3.71. The fourth-order valence-corrected chi connectivity index (χ4v) is 4.38. The molecular weight excluding hydrogens is 272 g/mol. The Balaban J connectivity index is 1.83. The third-order valence-electron chi connectivity index (χ3n) is 5.90. The predicted molar refractivity (Wildman–Crippen MR) is 91.0 cm³/mol. The molecular formula is C19H29N2O+. The molecule has 0 spiro atoms. The van der Waals surface area contributed by atoms with Gasteiger partial charge in [-0.25, -0.2) is 0 Å². The number of likely N-dealkylation sites (N-methyl/N-ethyl adjacent to an activating group) is 1. The molecule has 0 bridgehead atoms. The maximum Gasteiger partial charge on any atom is 0.285 e. The summed E-state index contributed by atoms with van der Waals surface area (Å²) in [5.74, 6) is 0.243. The van der Waals surface area contributed by atoms with Crippen LogP contribution in [0.5, 0.6) is 0 Å². The Morgan fingerprint density at radius 1 is 1.05 bits per heavy atom. The maximum absolute atomic E-state index is 13.1. The summed E-state index contributed by atoms with van der Waals surface area (Å²) in [4.78, 5) is 13.1. The number of anilines is 1. The lowest BCUT2D eigenvalue weighted by molar-refractivity contribution is -0.938. The minimum Gasteiger partial charge on any atom is -0.320 e. The zero-order valence-corrected chi connectivity index (χ0v) is 14.5. The molecule has 3 heteroatoms. The van der Waals surface area contributed by atoms with Gasteiger partial charge >= 0.3 is 0 Å². The van der Waals surface area contributed by atoms with E-state index in [1.165, 1.54) is 36.0 Å². The van der Waals surface area contributed by atoms with E-state index in [0.717, 1.165) is 36.1 Å². The van der Waals surface area contributed by atoms with Gasteiger partial charge in [0.2, 0.25) is 0 Å². The van der Waals surface area contributed by atoms with Crippen molar-refractivity contribution in [2.24, 2.45) is 0 Å². The number of hydrogen-bond donors (Lipinski definition) is 1. The standard InChI is InChI=1S/C19H28N2O/c1-14-12-15(2)17(16(3)13-14)20-18(22)19(8-9-19)21(4)10-6-5-7-11-21/h12-13H,5-11H2,1-4H3/p+1. The van der Waals surface area contributed by atoms with Gasteiger partial charge in [-0.1, -0.05) is 17.7 Å². The number of amides is 1. The van der Waals surface area contributed by atoms with Gasteiger partial charge in [0.25, 0.3) is 5.91 Å². The summed E-state index contributed by atoms with van der Waals surface area (Å²) in [6.45, 7) is 8.59. The largest absolute Gasteiger partial charge is 0.320 e. The first-order chi connectivity index (χ1) is 10.4. The highest BCUT2D eigenvalue weighted by Gasteiger charge is 2.64. The maximum atomic E-state index is 13.1. The Morgan fingerprint density at radius 3 is 2.09 bits per heavy atom. The summed E-state index contributed by atoms with van der Waals surface area (Å²) in [5, 5.41) is 3.28. The third kappa shape index (κ3) is 2.45. The van der Waals surface area contributed by atoms with E-state index in [9.17, 15) is 4.79 Å². The molecule has 0 atom stereocenters. The van der Waals surface area contributed by atoms with Gasteiger partial charge in [0.1, 0.15) is 0 Å². The van der Waals surface area contributed by atoms with Crippen molar-refractivity contribution in [1.82, 2.24) is 0 Å². The number of carbonyl (C=O) groups is 1. The first-order valence-corrected chi connectivity index (χ1v) is 8.62. The number of nitrogens with zero attached hydrogens (tertiary/aromatic N) is 1. The molecule has 0 aromatic heterocycles. The summed E-state index contributed by atoms with van der Waals surface area (Å²) in [6.07, 6.45) is 5.92. The second kappa shape index (κ2) is 5.38. The Kier molecular flexibility index (Phi) is 3.80. The fraction of sp³-hybridized carbons (Fsp3) is 0.632. The van der Waals surface area contributed by atoms with Gasteiger partial charge in [0.15, 0.2) is 5.54 Å². The second-order valence-corrected chi connectivity index (χ2v) is 7.66. The minimum absolute atomic E-state index is 0.163. The molecule has 3 nitrogen and oxygen atoms in total. The molecule has 1 aliphatic carbocycles. The fourth-order valence-electron chi connectivity index (χ4n) is 4.38. The molecule has 0 radical (unpaired) electrons. The number of carbonyl (C=O) groups excluding carboxylic acids is 1. The number of nitrogens with one attached hydrogen (secondary N) is 1. The van der Waals surface area contributed by atoms with E-state index in [1.807, 2.05) is 0 Å². The van der Waals surface area contributed by atoms with Crippen LogP contribution < -0.4 is 5.32 Å². The van der Waals surface area contributed by atoms with Crippen LogP contribution in [0.15, 0.2) is 12.1 Å². The molecule has 1 N–H and O–H groups in total. The van der Waals surface area contributed by atoms with Gasteiger partial charge in [-0.3, -0.25) is 4.79 Å². The molecule has 1 aromatic rings. The molecule has 1 amide bonds. The molecule has 120 valence electrons. The van der Waals surface area contributed by atoms with Crippen LogP contribution in [0.25, 0.3) is 0 Å². The zero-order valence-electron chi connectivity index (χ0n) is 14.5. The van der Waals surface area contributed by atoms with E-state index in [-0.39, 0.29) is 11.4 Å². The smallest absolute Gasteiger partial charge is 0.285 e. The molecule has 22 heavy (non-hydrogen) atoms. The van der Waals surface area contributed by atoms with Crippen LogP contribution in [-0.4, -0.2) is 36.1 Å². The van der Waals surface area contributed by atoms with Crippen molar-refractivity contribution in [3.63, 3.8) is 0 Å². The van der Waals surface area contributed by atoms with Gasteiger partial charge in [-0.15, -0.1) is 0 Å². The number of benzene rings is 1. The number of rotatable bonds is 3. The van der Waals surface area contributed by atoms with E-state index in [0.29, 0.717) is 0 Å². The van der Waals surface area contributed by atoms with Crippen molar-refractivity contribution in [2.75, 3.05) is 25.5 Å². The van der Waals surface area contributed by atoms with Crippen molar-refractivity contribution in [3.05, 3.63) is 28.8 Å². The van der Waals surface area contributed by atoms with Crippen LogP contribution in [0.3, 0.4) is 0 Å². The number of hydrogen-bond acceptors (Lipinski definition) is 1. The third-order valence-corrected chi connectivity index (χ3v) is 5.90. The lowest BCUT2D eigenvalue weighted by Crippen LogP contribution is -2.61. The zero-order chi connectivity index (χ0) is 16.0. The van der Waals surface area contributed by atoms with E-state index in [2.05, 4.69) is 45.3 Å². The summed E-state index contributed by atoms with van der Waals surface area (Å²) in [5.41, 5.74) is 4.45. The van der Waals surface area contributed by atoms with Crippen molar-refractivity contribution in [1.29, 1.82) is 0 Å². The summed E-state index contributed by atoms with van der Waals surface area (Å²) >= 11 is 0. The van der Waals surface area contributed by atoms with Gasteiger partial charge in [-0.2, -0.15) is 0 Å². The average molecular weight is 301 g/mol. The van der Waals surface area contributed by atoms with Crippen LogP contribution >= 0.6 is 0 Å². The highest BCUT2D eigenvalue weighted by atomic mass is 16.2. The molecule has 1 saturated heterocycles. The topological polar surface area (TPSA) is 29.1 Å². The first-order valence-electron chi connectivity index (χ1n) is 8.62. The van der Waals surface area contributed by atoms with Crippen LogP contribution in [0.2, 0.25) is 0 Å². The van der Waals surface area contributed by atoms with Crippen molar-refractivity contribution >= 4 is 11.6 Å². The number of likely N-dealkylation sites (tertiary alicyclic amines) is 1. The molecule has 1 aromatic carbocycles. The van der Waals surface area contributed by atoms with Gasteiger partial charge < -0.3 is 9.80 Å². The van der Waals surface area contributed by atoms with Crippen LogP contribution in [0.4, 0.5) is 5.69 Å². The Bertz CT molecular complexity index is 572. The van der Waals surface area contributed by atoms with E-state index >= 15 is 0 Å². The quantitative estimate of drug-likeness (QED) is 0.847. The molecule has 1 saturated carbocycles. The molecule has 0 unspecified atom stereocenters. The normalized spacial score (nSPS) is 22.2. The van der Waals surface area contributed by atoms with E-state index in [1.54, 1.807) is 0 Å². The number of aryl methyl sites for hydroxylation is 3. The van der Waals surface area contributed by atoms with Gasteiger partial charge in [0, 0.05) is 18.5 Å². The monoisotopic (exact) mass is 301 g/mol. The molecule has 2 aliphatic rings. The molecule has 1 heterocycles. The summed E-state index contributed by atoms with van der Waals surface area (Å²) in [7, 11) is 2.29.